The number of nitrogen functional groups attached to an aromatic ring is 1. The number of aryl methyl sites for hydroxylation is 1. The van der Waals surface area contributed by atoms with Gasteiger partial charge in [0.15, 0.2) is 0 Å². The zero-order valence-electron chi connectivity index (χ0n) is 20.4. The van der Waals surface area contributed by atoms with Gasteiger partial charge in [-0.1, -0.05) is 39.0 Å². The molecule has 10 heteroatoms. The molecule has 1 atom stereocenters. The second-order valence-corrected chi connectivity index (χ2v) is 11.4. The molecule has 0 aromatic heterocycles. The summed E-state index contributed by atoms with van der Waals surface area (Å²) in [5.41, 5.74) is 8.14. The number of likely N-dealkylation sites (N-methyl/N-ethyl adjacent to an activating group) is 1. The number of amides is 3. The van der Waals surface area contributed by atoms with Crippen LogP contribution in [-0.2, 0) is 43.8 Å². The molecule has 0 fully saturated rings. The number of nitrogens with one attached hydrogen (secondary N) is 2. The van der Waals surface area contributed by atoms with Crippen LogP contribution in [-0.4, -0.2) is 44.1 Å². The normalized spacial score (nSPS) is 15.8. The van der Waals surface area contributed by atoms with Crippen molar-refractivity contribution in [2.45, 2.75) is 57.5 Å². The van der Waals surface area contributed by atoms with Crippen LogP contribution < -0.4 is 15.8 Å². The van der Waals surface area contributed by atoms with Crippen molar-refractivity contribution in [3.05, 3.63) is 59.2 Å². The first kappa shape index (κ1) is 26.2. The summed E-state index contributed by atoms with van der Waals surface area (Å²) in [6, 6.07) is 11.0. The number of hydrogen-bond acceptors (Lipinski definition) is 6. The molecule has 1 aliphatic heterocycles. The van der Waals surface area contributed by atoms with Crippen molar-refractivity contribution in [1.82, 2.24) is 14.9 Å². The van der Waals surface area contributed by atoms with Crippen molar-refractivity contribution >= 4 is 33.4 Å². The summed E-state index contributed by atoms with van der Waals surface area (Å²) in [5.74, 6) is -1.08. The Morgan fingerprint density at radius 1 is 1.09 bits per heavy atom. The molecule has 3 rings (SSSR count). The highest BCUT2D eigenvalue weighted by Gasteiger charge is 2.34. The predicted octanol–water partition coefficient (Wildman–Crippen LogP) is 1.75. The van der Waals surface area contributed by atoms with Gasteiger partial charge in [0.1, 0.15) is 6.04 Å². The van der Waals surface area contributed by atoms with Gasteiger partial charge in [0.25, 0.3) is 10.0 Å². The Bertz CT molecular complexity index is 1250. The molecule has 0 radical (unpaired) electrons. The Morgan fingerprint density at radius 2 is 1.80 bits per heavy atom. The maximum absolute atomic E-state index is 13.2. The molecule has 0 spiro atoms. The number of carbonyl (C=O) groups excluding carboxylic acids is 3. The summed E-state index contributed by atoms with van der Waals surface area (Å²) < 4.78 is 27.4. The smallest absolute Gasteiger partial charge is 0.264 e. The van der Waals surface area contributed by atoms with Gasteiger partial charge in [-0.3, -0.25) is 14.4 Å². The summed E-state index contributed by atoms with van der Waals surface area (Å²) in [6.45, 7) is 5.14. The van der Waals surface area contributed by atoms with Crippen LogP contribution in [0.4, 0.5) is 5.69 Å². The molecule has 2 aromatic carbocycles. The number of nitrogens with two attached hydrogens (primary N) is 1. The molecule has 3 amide bonds. The van der Waals surface area contributed by atoms with E-state index in [0.717, 1.165) is 11.1 Å². The molecule has 0 saturated heterocycles. The summed E-state index contributed by atoms with van der Waals surface area (Å²) >= 11 is 0. The van der Waals surface area contributed by atoms with Crippen molar-refractivity contribution in [2.75, 3.05) is 12.8 Å². The molecule has 188 valence electrons. The summed E-state index contributed by atoms with van der Waals surface area (Å²) in [7, 11) is -2.51. The topological polar surface area (TPSA) is 139 Å². The standard InChI is InChI=1S/C25H32N4O5S/c1-25(2,3)24(32)28-35(33,34)20-7-5-6-16(12-20)8-11-22(30)29-15-18-13-19(26)10-9-17(18)14-21(29)23(31)27-4/h5-7,9-10,12-13,21H,8,11,14-15,26H2,1-4H3,(H,27,31)(H,28,32)/t21-/m0/s1. The molecule has 35 heavy (non-hydrogen) atoms. The molecule has 0 bridgehead atoms. The fourth-order valence-electron chi connectivity index (χ4n) is 3.86. The molecule has 9 nitrogen and oxygen atoms in total. The summed E-state index contributed by atoms with van der Waals surface area (Å²) in [6.07, 6.45) is 0.751. The fourth-order valence-corrected chi connectivity index (χ4v) is 5.10. The van der Waals surface area contributed by atoms with Gasteiger partial charge < -0.3 is 16.0 Å². The molecule has 1 heterocycles. The van der Waals surface area contributed by atoms with E-state index >= 15 is 0 Å². The van der Waals surface area contributed by atoms with Crippen LogP contribution in [0.3, 0.4) is 0 Å². The quantitative estimate of drug-likeness (QED) is 0.517. The van der Waals surface area contributed by atoms with Crippen LogP contribution >= 0.6 is 0 Å². The first-order valence-electron chi connectivity index (χ1n) is 11.4. The minimum atomic E-state index is -4.04. The van der Waals surface area contributed by atoms with Crippen molar-refractivity contribution in [1.29, 1.82) is 0 Å². The Labute approximate surface area is 206 Å². The lowest BCUT2D eigenvalue weighted by molar-refractivity contribution is -0.141. The van der Waals surface area contributed by atoms with Crippen molar-refractivity contribution in [3.63, 3.8) is 0 Å². The predicted molar refractivity (Wildman–Crippen MR) is 133 cm³/mol. The van der Waals surface area contributed by atoms with Gasteiger partial charge in [-0.2, -0.15) is 0 Å². The average Bonchev–Trinajstić information content (AvgIpc) is 2.80. The van der Waals surface area contributed by atoms with E-state index in [1.165, 1.54) is 19.2 Å². The molecular formula is C25H32N4O5S. The van der Waals surface area contributed by atoms with Crippen LogP contribution in [0.5, 0.6) is 0 Å². The fraction of sp³-hybridized carbons (Fsp3) is 0.400. The molecule has 1 aliphatic rings. The SMILES string of the molecule is CNC(=O)[C@@H]1Cc2ccc(N)cc2CN1C(=O)CCc1cccc(S(=O)(=O)NC(=O)C(C)(C)C)c1. The van der Waals surface area contributed by atoms with E-state index in [-0.39, 0.29) is 36.1 Å². The largest absolute Gasteiger partial charge is 0.399 e. The Kier molecular flexibility index (Phi) is 7.54. The highest BCUT2D eigenvalue weighted by molar-refractivity contribution is 7.90. The Balaban J connectivity index is 1.75. The van der Waals surface area contributed by atoms with Gasteiger partial charge in [0.2, 0.25) is 17.7 Å². The third-order valence-electron chi connectivity index (χ3n) is 5.97. The number of nitrogens with zero attached hydrogens (tertiary/aromatic N) is 1. The first-order valence-corrected chi connectivity index (χ1v) is 12.8. The Morgan fingerprint density at radius 3 is 2.46 bits per heavy atom. The van der Waals surface area contributed by atoms with Crippen LogP contribution in [0.1, 0.15) is 43.9 Å². The number of fused-ring (bicyclic) bond motifs is 1. The second kappa shape index (κ2) is 10.1. The molecule has 2 aromatic rings. The lowest BCUT2D eigenvalue weighted by Crippen LogP contribution is -2.52. The lowest BCUT2D eigenvalue weighted by atomic mass is 9.92. The molecule has 0 saturated carbocycles. The molecule has 4 N–H and O–H groups in total. The van der Waals surface area contributed by atoms with Gasteiger partial charge in [-0.05, 0) is 47.4 Å². The van der Waals surface area contributed by atoms with Gasteiger partial charge >= 0.3 is 0 Å². The van der Waals surface area contributed by atoms with E-state index in [9.17, 15) is 22.8 Å². The number of benzene rings is 2. The number of sulfonamides is 1. The van der Waals surface area contributed by atoms with Gasteiger partial charge in [-0.25, -0.2) is 13.1 Å². The Hall–Kier alpha value is -3.40. The average molecular weight is 501 g/mol. The molecule has 0 unspecified atom stereocenters. The maximum atomic E-state index is 13.2. The van der Waals surface area contributed by atoms with E-state index in [1.807, 2.05) is 12.1 Å². The van der Waals surface area contributed by atoms with Crippen molar-refractivity contribution in [3.8, 4) is 0 Å². The highest BCUT2D eigenvalue weighted by Crippen LogP contribution is 2.26. The minimum Gasteiger partial charge on any atom is -0.399 e. The number of hydrogen-bond donors (Lipinski definition) is 3. The third-order valence-corrected chi connectivity index (χ3v) is 7.30. The van der Waals surface area contributed by atoms with Crippen LogP contribution in [0, 0.1) is 5.41 Å². The summed E-state index contributed by atoms with van der Waals surface area (Å²) in [5, 5.41) is 2.63. The van der Waals surface area contributed by atoms with E-state index in [0.29, 0.717) is 17.7 Å². The number of carbonyl (C=O) groups is 3. The molecular weight excluding hydrogens is 468 g/mol. The van der Waals surface area contributed by atoms with Crippen LogP contribution in [0.2, 0.25) is 0 Å². The van der Waals surface area contributed by atoms with Crippen molar-refractivity contribution < 1.29 is 22.8 Å². The zero-order chi connectivity index (χ0) is 26.0. The van der Waals surface area contributed by atoms with Crippen molar-refractivity contribution in [2.24, 2.45) is 5.41 Å². The van der Waals surface area contributed by atoms with Gasteiger partial charge in [0.05, 0.1) is 4.90 Å². The second-order valence-electron chi connectivity index (χ2n) is 9.72. The van der Waals surface area contributed by atoms with Crippen LogP contribution in [0.15, 0.2) is 47.4 Å². The van der Waals surface area contributed by atoms with E-state index in [4.69, 9.17) is 5.73 Å². The highest BCUT2D eigenvalue weighted by atomic mass is 32.2. The lowest BCUT2D eigenvalue weighted by Gasteiger charge is -2.36. The molecule has 0 aliphatic carbocycles. The van der Waals surface area contributed by atoms with Crippen LogP contribution in [0.25, 0.3) is 0 Å². The number of rotatable bonds is 6. The minimum absolute atomic E-state index is 0.0503. The first-order chi connectivity index (χ1) is 16.3. The van der Waals surface area contributed by atoms with E-state index in [1.54, 1.807) is 43.9 Å². The zero-order valence-corrected chi connectivity index (χ0v) is 21.2. The monoisotopic (exact) mass is 500 g/mol. The van der Waals surface area contributed by atoms with E-state index < -0.39 is 27.4 Å². The van der Waals surface area contributed by atoms with E-state index in [2.05, 4.69) is 10.0 Å². The number of anilines is 1. The maximum Gasteiger partial charge on any atom is 0.264 e. The summed E-state index contributed by atoms with van der Waals surface area (Å²) in [4.78, 5) is 39.4. The van der Waals surface area contributed by atoms with Gasteiger partial charge in [0, 0.05) is 37.5 Å². The van der Waals surface area contributed by atoms with Gasteiger partial charge in [-0.15, -0.1) is 0 Å². The third kappa shape index (κ3) is 6.19.